The lowest BCUT2D eigenvalue weighted by molar-refractivity contribution is 0.0660. The van der Waals surface area contributed by atoms with Crippen molar-refractivity contribution in [2.45, 2.75) is 6.92 Å². The molecular weight excluding hydrogens is 308 g/mol. The lowest BCUT2D eigenvalue weighted by Gasteiger charge is -2.20. The predicted molar refractivity (Wildman–Crippen MR) is 85.0 cm³/mol. The number of rotatable bonds is 7. The van der Waals surface area contributed by atoms with Gasteiger partial charge in [0.15, 0.2) is 0 Å². The fourth-order valence-corrected chi connectivity index (χ4v) is 3.63. The molecule has 5 nitrogen and oxygen atoms in total. The topological polar surface area (TPSA) is 62.7 Å². The summed E-state index contributed by atoms with van der Waals surface area (Å²) in [5.74, 6) is -0.0995. The number of carbonyl (C=O) groups excluding carboxylic acids is 1. The standard InChI is InChI=1S/C14H18N2O3S2/c1-10-12(14(18)16(4-6-17)5-7-19-2)21-13(15-10)11-3-8-20-9-11/h3,8-9,17H,4-7H2,1-2H3. The Morgan fingerprint density at radius 3 is 2.90 bits per heavy atom. The number of hydrogen-bond acceptors (Lipinski definition) is 6. The number of carbonyl (C=O) groups is 1. The van der Waals surface area contributed by atoms with Gasteiger partial charge in [0.05, 0.1) is 18.9 Å². The Morgan fingerprint density at radius 1 is 1.48 bits per heavy atom. The highest BCUT2D eigenvalue weighted by Crippen LogP contribution is 2.30. The molecule has 0 aliphatic carbocycles. The summed E-state index contributed by atoms with van der Waals surface area (Å²) in [6.45, 7) is 2.98. The van der Waals surface area contributed by atoms with Crippen LogP contribution in [0, 0.1) is 6.92 Å². The number of thiophene rings is 1. The van der Waals surface area contributed by atoms with Crippen LogP contribution in [0.3, 0.4) is 0 Å². The van der Waals surface area contributed by atoms with Crippen LogP contribution in [0.4, 0.5) is 0 Å². The molecule has 0 unspecified atom stereocenters. The van der Waals surface area contributed by atoms with Crippen molar-refractivity contribution >= 4 is 28.6 Å². The van der Waals surface area contributed by atoms with Gasteiger partial charge in [0.1, 0.15) is 9.88 Å². The Hall–Kier alpha value is -1.28. The zero-order valence-electron chi connectivity index (χ0n) is 12.0. The van der Waals surface area contributed by atoms with Crippen molar-refractivity contribution in [3.63, 3.8) is 0 Å². The van der Waals surface area contributed by atoms with Crippen molar-refractivity contribution in [3.8, 4) is 10.6 Å². The molecule has 0 aliphatic heterocycles. The van der Waals surface area contributed by atoms with Gasteiger partial charge >= 0.3 is 0 Å². The number of aryl methyl sites for hydroxylation is 1. The van der Waals surface area contributed by atoms with Crippen LogP contribution in [0.2, 0.25) is 0 Å². The summed E-state index contributed by atoms with van der Waals surface area (Å²) in [6, 6.07) is 1.99. The molecule has 0 aromatic carbocycles. The van der Waals surface area contributed by atoms with Gasteiger partial charge in [-0.05, 0) is 18.4 Å². The summed E-state index contributed by atoms with van der Waals surface area (Å²) in [7, 11) is 1.59. The van der Waals surface area contributed by atoms with Gasteiger partial charge in [-0.15, -0.1) is 11.3 Å². The normalized spacial score (nSPS) is 10.8. The molecule has 2 heterocycles. The molecule has 0 radical (unpaired) electrons. The van der Waals surface area contributed by atoms with E-state index in [1.165, 1.54) is 11.3 Å². The molecule has 0 saturated carbocycles. The maximum atomic E-state index is 12.6. The molecule has 21 heavy (non-hydrogen) atoms. The lowest BCUT2D eigenvalue weighted by atomic mass is 10.3. The fraction of sp³-hybridized carbons (Fsp3) is 0.429. The van der Waals surface area contributed by atoms with Crippen LogP contribution >= 0.6 is 22.7 Å². The molecule has 2 aromatic rings. The Labute approximate surface area is 131 Å². The van der Waals surface area contributed by atoms with E-state index >= 15 is 0 Å². The van der Waals surface area contributed by atoms with Gasteiger partial charge < -0.3 is 14.7 Å². The quantitative estimate of drug-likeness (QED) is 0.848. The van der Waals surface area contributed by atoms with Crippen molar-refractivity contribution < 1.29 is 14.6 Å². The first-order chi connectivity index (χ1) is 10.2. The smallest absolute Gasteiger partial charge is 0.266 e. The van der Waals surface area contributed by atoms with Gasteiger partial charge in [-0.2, -0.15) is 11.3 Å². The number of aliphatic hydroxyl groups excluding tert-OH is 1. The number of thiazole rings is 1. The number of nitrogens with zero attached hydrogens (tertiary/aromatic N) is 2. The molecular formula is C14H18N2O3S2. The minimum atomic E-state index is -0.0995. The number of amides is 1. The molecule has 2 aromatic heterocycles. The Bertz CT molecular complexity index is 581. The summed E-state index contributed by atoms with van der Waals surface area (Å²) in [4.78, 5) is 19.3. The van der Waals surface area contributed by atoms with Crippen LogP contribution < -0.4 is 0 Å². The number of ether oxygens (including phenoxy) is 1. The van der Waals surface area contributed by atoms with Gasteiger partial charge in [-0.3, -0.25) is 4.79 Å². The van der Waals surface area contributed by atoms with Gasteiger partial charge in [-0.25, -0.2) is 4.98 Å². The highest BCUT2D eigenvalue weighted by atomic mass is 32.1. The second-order valence-corrected chi connectivity index (χ2v) is 6.23. The van der Waals surface area contributed by atoms with Gasteiger partial charge in [0.25, 0.3) is 5.91 Å². The number of aliphatic hydroxyl groups is 1. The Morgan fingerprint density at radius 2 is 2.29 bits per heavy atom. The maximum absolute atomic E-state index is 12.6. The molecule has 1 N–H and O–H groups in total. The third-order valence-electron chi connectivity index (χ3n) is 2.98. The van der Waals surface area contributed by atoms with E-state index in [1.54, 1.807) is 23.3 Å². The van der Waals surface area contributed by atoms with Crippen molar-refractivity contribution in [2.75, 3.05) is 33.4 Å². The molecule has 7 heteroatoms. The molecule has 0 fully saturated rings. The Balaban J connectivity index is 2.21. The van der Waals surface area contributed by atoms with Crippen molar-refractivity contribution in [1.82, 2.24) is 9.88 Å². The fourth-order valence-electron chi connectivity index (χ4n) is 1.89. The van der Waals surface area contributed by atoms with Crippen LogP contribution in [-0.4, -0.2) is 54.3 Å². The second kappa shape index (κ2) is 7.65. The zero-order chi connectivity index (χ0) is 15.2. The molecule has 1 amide bonds. The zero-order valence-corrected chi connectivity index (χ0v) is 13.7. The molecule has 2 rings (SSSR count). The van der Waals surface area contributed by atoms with E-state index in [0.717, 1.165) is 16.3 Å². The second-order valence-electron chi connectivity index (χ2n) is 4.45. The highest BCUT2D eigenvalue weighted by Gasteiger charge is 2.21. The van der Waals surface area contributed by atoms with E-state index in [1.807, 2.05) is 23.8 Å². The van der Waals surface area contributed by atoms with Crippen LogP contribution in [0.15, 0.2) is 16.8 Å². The predicted octanol–water partition coefficient (Wildman–Crippen LogP) is 2.26. The first-order valence-electron chi connectivity index (χ1n) is 6.56. The van der Waals surface area contributed by atoms with Gasteiger partial charge in [0, 0.05) is 31.1 Å². The molecule has 0 aliphatic rings. The van der Waals surface area contributed by atoms with Crippen molar-refractivity contribution in [2.24, 2.45) is 0 Å². The number of methoxy groups -OCH3 is 1. The largest absolute Gasteiger partial charge is 0.395 e. The third kappa shape index (κ3) is 3.88. The summed E-state index contributed by atoms with van der Waals surface area (Å²) in [6.07, 6.45) is 0. The summed E-state index contributed by atoms with van der Waals surface area (Å²) in [5.41, 5.74) is 1.77. The first kappa shape index (κ1) is 16.1. The maximum Gasteiger partial charge on any atom is 0.266 e. The average Bonchev–Trinajstić information content (AvgIpc) is 3.11. The molecule has 0 atom stereocenters. The monoisotopic (exact) mass is 326 g/mol. The van der Waals surface area contributed by atoms with E-state index in [0.29, 0.717) is 24.6 Å². The van der Waals surface area contributed by atoms with E-state index < -0.39 is 0 Å². The van der Waals surface area contributed by atoms with Crippen LogP contribution in [0.25, 0.3) is 10.6 Å². The SMILES string of the molecule is COCCN(CCO)C(=O)c1sc(-c2ccsc2)nc1C. The average molecular weight is 326 g/mol. The van der Waals surface area contributed by atoms with Crippen LogP contribution in [-0.2, 0) is 4.74 Å². The van der Waals surface area contributed by atoms with Crippen LogP contribution in [0.5, 0.6) is 0 Å². The van der Waals surface area contributed by atoms with E-state index in [4.69, 9.17) is 9.84 Å². The number of aromatic nitrogens is 1. The molecule has 114 valence electrons. The summed E-state index contributed by atoms with van der Waals surface area (Å²) < 4.78 is 5.01. The molecule has 0 saturated heterocycles. The minimum absolute atomic E-state index is 0.0648. The summed E-state index contributed by atoms with van der Waals surface area (Å²) >= 11 is 3.00. The summed E-state index contributed by atoms with van der Waals surface area (Å²) in [5, 5.41) is 14.0. The lowest BCUT2D eigenvalue weighted by Crippen LogP contribution is -2.36. The third-order valence-corrected chi connectivity index (χ3v) is 4.86. The molecule has 0 bridgehead atoms. The van der Waals surface area contributed by atoms with Gasteiger partial charge in [0.2, 0.25) is 0 Å². The first-order valence-corrected chi connectivity index (χ1v) is 8.32. The minimum Gasteiger partial charge on any atom is -0.395 e. The van der Waals surface area contributed by atoms with Crippen molar-refractivity contribution in [1.29, 1.82) is 0 Å². The van der Waals surface area contributed by atoms with Gasteiger partial charge in [-0.1, -0.05) is 0 Å². The van der Waals surface area contributed by atoms with Crippen LogP contribution in [0.1, 0.15) is 15.4 Å². The van der Waals surface area contributed by atoms with E-state index in [9.17, 15) is 4.79 Å². The number of hydrogen-bond donors (Lipinski definition) is 1. The van der Waals surface area contributed by atoms with E-state index in [-0.39, 0.29) is 12.5 Å². The highest BCUT2D eigenvalue weighted by molar-refractivity contribution is 7.17. The Kier molecular flexibility index (Phi) is 5.86. The van der Waals surface area contributed by atoms with Crippen molar-refractivity contribution in [3.05, 3.63) is 27.4 Å². The molecule has 0 spiro atoms. The van der Waals surface area contributed by atoms with E-state index in [2.05, 4.69) is 4.98 Å².